The van der Waals surface area contributed by atoms with Gasteiger partial charge in [0, 0.05) is 25.6 Å². The van der Waals surface area contributed by atoms with Crippen molar-refractivity contribution in [3.8, 4) is 0 Å². The van der Waals surface area contributed by atoms with Crippen molar-refractivity contribution in [3.63, 3.8) is 0 Å². The van der Waals surface area contributed by atoms with E-state index in [-0.39, 0.29) is 18.3 Å². The summed E-state index contributed by atoms with van der Waals surface area (Å²) in [6.07, 6.45) is 4.04. The lowest BCUT2D eigenvalue weighted by molar-refractivity contribution is -0.136. The van der Waals surface area contributed by atoms with Gasteiger partial charge in [-0.05, 0) is 58.4 Å². The molecule has 0 aliphatic carbocycles. The first-order valence-electron chi connectivity index (χ1n) is 8.85. The van der Waals surface area contributed by atoms with Gasteiger partial charge in [-0.3, -0.25) is 4.79 Å². The third-order valence-corrected chi connectivity index (χ3v) is 4.55. The molecule has 0 unspecified atom stereocenters. The molecule has 0 atom stereocenters. The fraction of sp³-hybridized carbons (Fsp3) is 0.632. The van der Waals surface area contributed by atoms with Crippen molar-refractivity contribution >= 4 is 18.3 Å². The molecule has 1 aliphatic rings. The van der Waals surface area contributed by atoms with E-state index in [4.69, 9.17) is 0 Å². The van der Waals surface area contributed by atoms with Crippen LogP contribution >= 0.6 is 12.4 Å². The summed E-state index contributed by atoms with van der Waals surface area (Å²) in [5.74, 6) is 0.580. The Balaban J connectivity index is 0.00000288. The van der Waals surface area contributed by atoms with Gasteiger partial charge in [-0.2, -0.15) is 0 Å². The van der Waals surface area contributed by atoms with Crippen LogP contribution in [0.1, 0.15) is 24.8 Å². The first-order chi connectivity index (χ1) is 11.2. The largest absolute Gasteiger partial charge is 0.341 e. The van der Waals surface area contributed by atoms with Crippen molar-refractivity contribution in [1.82, 2.24) is 15.1 Å². The minimum atomic E-state index is 0. The molecule has 1 aliphatic heterocycles. The minimum absolute atomic E-state index is 0. The highest BCUT2D eigenvalue weighted by Gasteiger charge is 2.25. The van der Waals surface area contributed by atoms with Crippen LogP contribution in [0.5, 0.6) is 0 Å². The average molecular weight is 354 g/mol. The van der Waals surface area contributed by atoms with Crippen LogP contribution < -0.4 is 5.32 Å². The number of nitrogens with zero attached hydrogens (tertiary/aromatic N) is 2. The molecule has 0 saturated carbocycles. The number of nitrogens with one attached hydrogen (secondary N) is 1. The van der Waals surface area contributed by atoms with Gasteiger partial charge in [-0.1, -0.05) is 30.3 Å². The van der Waals surface area contributed by atoms with Crippen molar-refractivity contribution in [2.24, 2.45) is 5.92 Å². The van der Waals surface area contributed by atoms with Crippen LogP contribution in [0.4, 0.5) is 0 Å². The molecule has 1 fully saturated rings. The number of hydrogen-bond donors (Lipinski definition) is 1. The Morgan fingerprint density at radius 1 is 1.08 bits per heavy atom. The molecule has 24 heavy (non-hydrogen) atoms. The van der Waals surface area contributed by atoms with Crippen LogP contribution in [0.15, 0.2) is 30.3 Å². The molecule has 0 bridgehead atoms. The summed E-state index contributed by atoms with van der Waals surface area (Å²) >= 11 is 0. The van der Waals surface area contributed by atoms with E-state index in [2.05, 4.69) is 53.5 Å². The second-order valence-corrected chi connectivity index (χ2v) is 6.74. The van der Waals surface area contributed by atoms with Crippen molar-refractivity contribution in [3.05, 3.63) is 35.9 Å². The van der Waals surface area contributed by atoms with Crippen molar-refractivity contribution in [1.29, 1.82) is 0 Å². The van der Waals surface area contributed by atoms with Gasteiger partial charge in [-0.25, -0.2) is 0 Å². The molecule has 5 heteroatoms. The SMILES string of the molecule is CN(C)CCN(CCCc1ccccc1)C(=O)C1CCNCC1.Cl. The predicted molar refractivity (Wildman–Crippen MR) is 103 cm³/mol. The number of piperidine rings is 1. The van der Waals surface area contributed by atoms with Crippen LogP contribution in [-0.4, -0.2) is 62.5 Å². The molecule has 0 radical (unpaired) electrons. The summed E-state index contributed by atoms with van der Waals surface area (Å²) in [7, 11) is 4.13. The van der Waals surface area contributed by atoms with Crippen LogP contribution in [0.2, 0.25) is 0 Å². The first-order valence-corrected chi connectivity index (χ1v) is 8.85. The number of halogens is 1. The lowest BCUT2D eigenvalue weighted by atomic mass is 9.96. The second-order valence-electron chi connectivity index (χ2n) is 6.74. The van der Waals surface area contributed by atoms with Gasteiger partial charge in [0.2, 0.25) is 5.91 Å². The summed E-state index contributed by atoms with van der Waals surface area (Å²) < 4.78 is 0. The number of amides is 1. The fourth-order valence-electron chi connectivity index (χ4n) is 3.10. The summed E-state index contributed by atoms with van der Waals surface area (Å²) in [5.41, 5.74) is 1.36. The molecule has 0 aromatic heterocycles. The molecular formula is C19H32ClN3O. The van der Waals surface area contributed by atoms with Gasteiger partial charge in [0.1, 0.15) is 0 Å². The normalized spacial score (nSPS) is 15.1. The smallest absolute Gasteiger partial charge is 0.225 e. The molecule has 0 spiro atoms. The zero-order valence-electron chi connectivity index (χ0n) is 15.0. The van der Waals surface area contributed by atoms with E-state index in [9.17, 15) is 4.79 Å². The monoisotopic (exact) mass is 353 g/mol. The highest BCUT2D eigenvalue weighted by atomic mass is 35.5. The summed E-state index contributed by atoms with van der Waals surface area (Å²) in [5, 5.41) is 3.34. The van der Waals surface area contributed by atoms with Crippen LogP contribution in [-0.2, 0) is 11.2 Å². The Kier molecular flexibility index (Phi) is 9.99. The molecule has 1 N–H and O–H groups in total. The van der Waals surface area contributed by atoms with E-state index in [0.29, 0.717) is 5.91 Å². The number of carbonyl (C=O) groups is 1. The van der Waals surface area contributed by atoms with Crippen molar-refractivity contribution in [2.75, 3.05) is 46.8 Å². The summed E-state index contributed by atoms with van der Waals surface area (Å²) in [6.45, 7) is 4.59. The van der Waals surface area contributed by atoms with Gasteiger partial charge in [0.05, 0.1) is 0 Å². The number of aryl methyl sites for hydroxylation is 1. The van der Waals surface area contributed by atoms with Gasteiger partial charge in [0.15, 0.2) is 0 Å². The zero-order valence-corrected chi connectivity index (χ0v) is 15.9. The third kappa shape index (κ3) is 7.20. The maximum absolute atomic E-state index is 12.8. The molecule has 1 heterocycles. The van der Waals surface area contributed by atoms with Crippen LogP contribution in [0, 0.1) is 5.92 Å². The molecule has 1 aromatic rings. The number of benzene rings is 1. The van der Waals surface area contributed by atoms with Gasteiger partial charge < -0.3 is 15.1 Å². The predicted octanol–water partition coefficient (Wildman–Crippen LogP) is 2.43. The molecule has 2 rings (SSSR count). The maximum atomic E-state index is 12.8. The summed E-state index contributed by atoms with van der Waals surface area (Å²) in [6, 6.07) is 10.5. The lowest BCUT2D eigenvalue weighted by Gasteiger charge is -2.30. The van der Waals surface area contributed by atoms with Gasteiger partial charge in [0.25, 0.3) is 0 Å². The van der Waals surface area contributed by atoms with E-state index >= 15 is 0 Å². The Labute approximate surface area is 153 Å². The average Bonchev–Trinajstić information content (AvgIpc) is 2.59. The molecule has 1 saturated heterocycles. The molecule has 1 amide bonds. The second kappa shape index (κ2) is 11.5. The van der Waals surface area contributed by atoms with Crippen LogP contribution in [0.25, 0.3) is 0 Å². The molecule has 4 nitrogen and oxygen atoms in total. The van der Waals surface area contributed by atoms with Gasteiger partial charge >= 0.3 is 0 Å². The Hall–Kier alpha value is -1.10. The molecule has 1 aromatic carbocycles. The van der Waals surface area contributed by atoms with Crippen molar-refractivity contribution in [2.45, 2.75) is 25.7 Å². The van der Waals surface area contributed by atoms with Gasteiger partial charge in [-0.15, -0.1) is 12.4 Å². The van der Waals surface area contributed by atoms with Crippen molar-refractivity contribution < 1.29 is 4.79 Å². The highest BCUT2D eigenvalue weighted by molar-refractivity contribution is 5.85. The highest BCUT2D eigenvalue weighted by Crippen LogP contribution is 2.16. The number of likely N-dealkylation sites (N-methyl/N-ethyl adjacent to an activating group) is 1. The zero-order chi connectivity index (χ0) is 16.5. The number of hydrogen-bond acceptors (Lipinski definition) is 3. The Morgan fingerprint density at radius 2 is 1.75 bits per heavy atom. The molecular weight excluding hydrogens is 322 g/mol. The third-order valence-electron chi connectivity index (χ3n) is 4.55. The van der Waals surface area contributed by atoms with E-state index in [1.807, 2.05) is 6.07 Å². The van der Waals surface area contributed by atoms with E-state index in [0.717, 1.165) is 58.4 Å². The number of carbonyl (C=O) groups excluding carboxylic acids is 1. The van der Waals surface area contributed by atoms with E-state index in [1.54, 1.807) is 0 Å². The Morgan fingerprint density at radius 3 is 2.38 bits per heavy atom. The Bertz CT molecular complexity index is 461. The first kappa shape index (κ1) is 20.9. The quantitative estimate of drug-likeness (QED) is 0.779. The topological polar surface area (TPSA) is 35.6 Å². The van der Waals surface area contributed by atoms with Crippen LogP contribution in [0.3, 0.4) is 0 Å². The fourth-order valence-corrected chi connectivity index (χ4v) is 3.10. The van der Waals surface area contributed by atoms with E-state index in [1.165, 1.54) is 5.56 Å². The van der Waals surface area contributed by atoms with E-state index < -0.39 is 0 Å². The minimum Gasteiger partial charge on any atom is -0.341 e. The number of rotatable bonds is 8. The summed E-state index contributed by atoms with van der Waals surface area (Å²) in [4.78, 5) is 17.1. The standard InChI is InChI=1S/C19H31N3O.ClH/c1-21(2)15-16-22(19(23)18-10-12-20-13-11-18)14-6-9-17-7-4-3-5-8-17;/h3-5,7-8,18,20H,6,9-16H2,1-2H3;1H. The lowest BCUT2D eigenvalue weighted by Crippen LogP contribution is -2.44. The maximum Gasteiger partial charge on any atom is 0.225 e. The molecule has 136 valence electrons.